The van der Waals surface area contributed by atoms with Crippen LogP contribution in [0.4, 0.5) is 11.4 Å². The smallest absolute Gasteiger partial charge is 0.250 e. The molecule has 2 aromatic carbocycles. The van der Waals surface area contributed by atoms with Gasteiger partial charge in [0, 0.05) is 19.6 Å². The minimum Gasteiger partial charge on any atom is -0.493 e. The first-order chi connectivity index (χ1) is 13.7. The maximum absolute atomic E-state index is 12.8. The molecule has 0 aliphatic carbocycles. The molecule has 3 aliphatic heterocycles. The molecule has 146 valence electrons. The third-order valence-corrected chi connectivity index (χ3v) is 5.82. The highest BCUT2D eigenvalue weighted by Crippen LogP contribution is 2.42. The molecule has 3 heterocycles. The predicted octanol–water partition coefficient (Wildman–Crippen LogP) is 2.82. The van der Waals surface area contributed by atoms with Gasteiger partial charge in [0.15, 0.2) is 11.5 Å². The summed E-state index contributed by atoms with van der Waals surface area (Å²) in [6.07, 6.45) is 1.52. The normalized spacial score (nSPS) is 19.7. The molecule has 1 fully saturated rings. The highest BCUT2D eigenvalue weighted by Gasteiger charge is 2.44. The first kappa shape index (κ1) is 17.2. The van der Waals surface area contributed by atoms with Gasteiger partial charge in [-0.05, 0) is 42.7 Å². The van der Waals surface area contributed by atoms with Gasteiger partial charge in [0.1, 0.15) is 5.54 Å². The van der Waals surface area contributed by atoms with E-state index in [1.165, 1.54) is 0 Å². The van der Waals surface area contributed by atoms with Gasteiger partial charge in [-0.2, -0.15) is 0 Å². The summed E-state index contributed by atoms with van der Waals surface area (Å²) < 4.78 is 16.4. The van der Waals surface area contributed by atoms with E-state index in [9.17, 15) is 4.79 Å². The van der Waals surface area contributed by atoms with Crippen molar-refractivity contribution >= 4 is 17.3 Å². The molecule has 0 saturated carbocycles. The van der Waals surface area contributed by atoms with E-state index in [1.54, 1.807) is 7.11 Å². The molecule has 2 aromatic rings. The minimum atomic E-state index is -0.530. The van der Waals surface area contributed by atoms with Crippen molar-refractivity contribution in [3.8, 4) is 17.2 Å². The summed E-state index contributed by atoms with van der Waals surface area (Å²) in [5.41, 5.74) is 2.43. The Hall–Kier alpha value is -2.93. The SMILES string of the molecule is COc1cc(CN2CCC3(CC2)Nc2ccccc2NC3=O)cc2c1OCO2. The standard InChI is InChI=1S/C21H23N3O4/c1-26-17-10-14(11-18-19(17)28-13-27-18)12-24-8-6-21(7-9-24)20(25)22-15-4-2-3-5-16(15)23-21/h2-5,10-11,23H,6-9,12-13H2,1H3,(H,22,25). The highest BCUT2D eigenvalue weighted by molar-refractivity contribution is 6.06. The number of amides is 1. The predicted molar refractivity (Wildman–Crippen MR) is 105 cm³/mol. The monoisotopic (exact) mass is 381 g/mol. The van der Waals surface area contributed by atoms with Crippen molar-refractivity contribution < 1.29 is 19.0 Å². The van der Waals surface area contributed by atoms with Gasteiger partial charge in [-0.3, -0.25) is 9.69 Å². The fraction of sp³-hybridized carbons (Fsp3) is 0.381. The largest absolute Gasteiger partial charge is 0.493 e. The van der Waals surface area contributed by atoms with Gasteiger partial charge in [-0.15, -0.1) is 0 Å². The summed E-state index contributed by atoms with van der Waals surface area (Å²) >= 11 is 0. The number of likely N-dealkylation sites (tertiary alicyclic amines) is 1. The Balaban J connectivity index is 1.29. The van der Waals surface area contributed by atoms with Crippen LogP contribution in [0.3, 0.4) is 0 Å². The molecular formula is C21H23N3O4. The van der Waals surface area contributed by atoms with Gasteiger partial charge in [0.25, 0.3) is 0 Å². The maximum Gasteiger partial charge on any atom is 0.250 e. The molecule has 5 rings (SSSR count). The second-order valence-corrected chi connectivity index (χ2v) is 7.51. The van der Waals surface area contributed by atoms with Crippen LogP contribution in [0, 0.1) is 0 Å². The number of ether oxygens (including phenoxy) is 3. The Kier molecular flexibility index (Phi) is 4.05. The lowest BCUT2D eigenvalue weighted by molar-refractivity contribution is -0.122. The number of carbonyl (C=O) groups excluding carboxylic acids is 1. The fourth-order valence-corrected chi connectivity index (χ4v) is 4.24. The molecule has 28 heavy (non-hydrogen) atoms. The molecule has 0 radical (unpaired) electrons. The number of para-hydroxylation sites is 2. The van der Waals surface area contributed by atoms with E-state index in [0.29, 0.717) is 11.5 Å². The molecule has 0 unspecified atom stereocenters. The summed E-state index contributed by atoms with van der Waals surface area (Å²) in [7, 11) is 1.64. The Morgan fingerprint density at radius 1 is 1.14 bits per heavy atom. The maximum atomic E-state index is 12.8. The van der Waals surface area contributed by atoms with Gasteiger partial charge in [-0.1, -0.05) is 12.1 Å². The first-order valence-electron chi connectivity index (χ1n) is 9.54. The van der Waals surface area contributed by atoms with E-state index >= 15 is 0 Å². The zero-order valence-electron chi connectivity index (χ0n) is 15.8. The number of nitrogens with one attached hydrogen (secondary N) is 2. The molecule has 2 N–H and O–H groups in total. The van der Waals surface area contributed by atoms with Gasteiger partial charge in [0.2, 0.25) is 18.4 Å². The lowest BCUT2D eigenvalue weighted by Crippen LogP contribution is -2.58. The number of anilines is 2. The fourth-order valence-electron chi connectivity index (χ4n) is 4.24. The zero-order chi connectivity index (χ0) is 19.1. The second kappa shape index (κ2) is 6.60. The van der Waals surface area contributed by atoms with Crippen LogP contribution in [0.15, 0.2) is 36.4 Å². The van der Waals surface area contributed by atoms with Crippen LogP contribution in [0.25, 0.3) is 0 Å². The summed E-state index contributed by atoms with van der Waals surface area (Å²) in [4.78, 5) is 15.1. The summed E-state index contributed by atoms with van der Waals surface area (Å²) in [6, 6.07) is 11.9. The van der Waals surface area contributed by atoms with E-state index in [4.69, 9.17) is 14.2 Å². The summed E-state index contributed by atoms with van der Waals surface area (Å²) in [5, 5.41) is 6.56. The quantitative estimate of drug-likeness (QED) is 0.852. The number of hydrogen-bond acceptors (Lipinski definition) is 6. The van der Waals surface area contributed by atoms with Crippen molar-refractivity contribution in [2.75, 3.05) is 37.6 Å². The van der Waals surface area contributed by atoms with E-state index in [0.717, 1.165) is 55.2 Å². The van der Waals surface area contributed by atoms with Gasteiger partial charge >= 0.3 is 0 Å². The molecule has 0 atom stereocenters. The molecule has 1 saturated heterocycles. The molecule has 7 heteroatoms. The molecule has 1 amide bonds. The van der Waals surface area contributed by atoms with Crippen LogP contribution in [0.1, 0.15) is 18.4 Å². The second-order valence-electron chi connectivity index (χ2n) is 7.51. The van der Waals surface area contributed by atoms with Crippen LogP contribution in [-0.2, 0) is 11.3 Å². The van der Waals surface area contributed by atoms with Crippen LogP contribution in [-0.4, -0.2) is 43.3 Å². The minimum absolute atomic E-state index is 0.0654. The molecule has 0 bridgehead atoms. The van der Waals surface area contributed by atoms with Crippen LogP contribution in [0.5, 0.6) is 17.2 Å². The lowest BCUT2D eigenvalue weighted by atomic mass is 9.84. The molecular weight excluding hydrogens is 358 g/mol. The van der Waals surface area contributed by atoms with E-state index in [2.05, 4.69) is 15.5 Å². The number of methoxy groups -OCH3 is 1. The van der Waals surface area contributed by atoms with E-state index < -0.39 is 5.54 Å². The number of piperidine rings is 1. The van der Waals surface area contributed by atoms with Gasteiger partial charge < -0.3 is 24.8 Å². The summed E-state index contributed by atoms with van der Waals surface area (Å²) in [6.45, 7) is 2.67. The number of fused-ring (bicyclic) bond motifs is 2. The first-order valence-corrected chi connectivity index (χ1v) is 9.54. The topological polar surface area (TPSA) is 72.1 Å². The Morgan fingerprint density at radius 3 is 2.71 bits per heavy atom. The third kappa shape index (κ3) is 2.82. The van der Waals surface area contributed by atoms with Gasteiger partial charge in [-0.25, -0.2) is 0 Å². The molecule has 1 spiro atoms. The van der Waals surface area contributed by atoms with Crippen LogP contribution < -0.4 is 24.8 Å². The molecule has 3 aliphatic rings. The Labute approximate surface area is 163 Å². The summed E-state index contributed by atoms with van der Waals surface area (Å²) in [5.74, 6) is 2.16. The van der Waals surface area contributed by atoms with Crippen molar-refractivity contribution in [3.05, 3.63) is 42.0 Å². The van der Waals surface area contributed by atoms with Gasteiger partial charge in [0.05, 0.1) is 18.5 Å². The zero-order valence-corrected chi connectivity index (χ0v) is 15.8. The lowest BCUT2D eigenvalue weighted by Gasteiger charge is -2.44. The number of nitrogens with zero attached hydrogens (tertiary/aromatic N) is 1. The van der Waals surface area contributed by atoms with Crippen molar-refractivity contribution in [1.82, 2.24) is 4.90 Å². The Bertz CT molecular complexity index is 922. The Morgan fingerprint density at radius 2 is 1.93 bits per heavy atom. The number of rotatable bonds is 3. The van der Waals surface area contributed by atoms with Crippen molar-refractivity contribution in [2.45, 2.75) is 24.9 Å². The van der Waals surface area contributed by atoms with E-state index in [-0.39, 0.29) is 12.7 Å². The van der Waals surface area contributed by atoms with Crippen molar-refractivity contribution in [1.29, 1.82) is 0 Å². The van der Waals surface area contributed by atoms with Crippen LogP contribution >= 0.6 is 0 Å². The van der Waals surface area contributed by atoms with Crippen molar-refractivity contribution in [3.63, 3.8) is 0 Å². The number of benzene rings is 2. The van der Waals surface area contributed by atoms with Crippen molar-refractivity contribution in [2.24, 2.45) is 0 Å². The highest BCUT2D eigenvalue weighted by atomic mass is 16.7. The average molecular weight is 381 g/mol. The number of hydrogen-bond donors (Lipinski definition) is 2. The third-order valence-electron chi connectivity index (χ3n) is 5.82. The van der Waals surface area contributed by atoms with E-state index in [1.807, 2.05) is 36.4 Å². The average Bonchev–Trinajstić information content (AvgIpc) is 3.19. The van der Waals surface area contributed by atoms with Crippen LogP contribution in [0.2, 0.25) is 0 Å². The number of carbonyl (C=O) groups is 1. The molecule has 0 aromatic heterocycles. The molecule has 7 nitrogen and oxygen atoms in total.